The van der Waals surface area contributed by atoms with Gasteiger partial charge in [-0.05, 0) is 57.1 Å². The summed E-state index contributed by atoms with van der Waals surface area (Å²) in [4.78, 5) is 20.9. The van der Waals surface area contributed by atoms with Gasteiger partial charge in [0.1, 0.15) is 6.29 Å². The third-order valence-corrected chi connectivity index (χ3v) is 3.95. The second-order valence-electron chi connectivity index (χ2n) is 6.35. The molecule has 4 heteroatoms. The van der Waals surface area contributed by atoms with Gasteiger partial charge in [0.15, 0.2) is 0 Å². The van der Waals surface area contributed by atoms with Crippen molar-refractivity contribution in [1.82, 2.24) is 0 Å². The van der Waals surface area contributed by atoms with E-state index in [1.165, 1.54) is 6.42 Å². The molecule has 1 unspecified atom stereocenters. The third kappa shape index (κ3) is 16.9. The first-order valence-corrected chi connectivity index (χ1v) is 9.92. The normalized spacial score (nSPS) is 13.4. The number of nitro groups is 1. The van der Waals surface area contributed by atoms with Gasteiger partial charge in [0, 0.05) is 11.3 Å². The van der Waals surface area contributed by atoms with Crippen molar-refractivity contribution in [1.29, 1.82) is 0 Å². The fourth-order valence-corrected chi connectivity index (χ4v) is 2.40. The molecule has 0 aliphatic carbocycles. The summed E-state index contributed by atoms with van der Waals surface area (Å²) in [6.45, 7) is 2.15. The minimum atomic E-state index is -0.718. The second-order valence-corrected chi connectivity index (χ2v) is 6.35. The van der Waals surface area contributed by atoms with Crippen LogP contribution in [0.2, 0.25) is 0 Å². The van der Waals surface area contributed by atoms with Crippen LogP contribution in [0, 0.1) is 10.1 Å². The molecule has 0 fully saturated rings. The molecule has 0 aromatic rings. The van der Waals surface area contributed by atoms with Gasteiger partial charge in [-0.1, -0.05) is 62.6 Å². The first-order chi connectivity index (χ1) is 12.7. The van der Waals surface area contributed by atoms with E-state index in [4.69, 9.17) is 0 Å². The molecule has 0 heterocycles. The van der Waals surface area contributed by atoms with Gasteiger partial charge in [0.25, 0.3) is 0 Å². The van der Waals surface area contributed by atoms with Crippen LogP contribution in [0.15, 0.2) is 48.6 Å². The highest BCUT2D eigenvalue weighted by Crippen LogP contribution is 2.04. The lowest BCUT2D eigenvalue weighted by atomic mass is 10.1. The van der Waals surface area contributed by atoms with Crippen LogP contribution in [-0.2, 0) is 4.79 Å². The topological polar surface area (TPSA) is 60.2 Å². The zero-order valence-electron chi connectivity index (χ0n) is 16.2. The summed E-state index contributed by atoms with van der Waals surface area (Å²) in [5.74, 6) is 0. The van der Waals surface area contributed by atoms with Crippen LogP contribution in [0.1, 0.15) is 77.6 Å². The van der Waals surface area contributed by atoms with Crippen LogP contribution < -0.4 is 0 Å². The van der Waals surface area contributed by atoms with Crippen LogP contribution in [0.5, 0.6) is 0 Å². The predicted molar refractivity (Wildman–Crippen MR) is 110 cm³/mol. The van der Waals surface area contributed by atoms with E-state index in [-0.39, 0.29) is 4.92 Å². The number of carbonyl (C=O) groups is 1. The average Bonchev–Trinajstić information content (AvgIpc) is 2.63. The lowest BCUT2D eigenvalue weighted by Crippen LogP contribution is -2.13. The van der Waals surface area contributed by atoms with Gasteiger partial charge in [-0.15, -0.1) is 0 Å². The summed E-state index contributed by atoms with van der Waals surface area (Å²) >= 11 is 0. The lowest BCUT2D eigenvalue weighted by molar-refractivity contribution is -0.496. The summed E-state index contributed by atoms with van der Waals surface area (Å²) in [6.07, 6.45) is 27.4. The summed E-state index contributed by atoms with van der Waals surface area (Å²) in [5.41, 5.74) is 0. The highest BCUT2D eigenvalue weighted by atomic mass is 16.6. The molecule has 0 aromatic carbocycles. The van der Waals surface area contributed by atoms with Crippen molar-refractivity contribution >= 4 is 6.29 Å². The second kappa shape index (κ2) is 19.4. The molecule has 1 atom stereocenters. The van der Waals surface area contributed by atoms with Crippen molar-refractivity contribution < 1.29 is 9.72 Å². The molecule has 0 saturated carbocycles. The predicted octanol–water partition coefficient (Wildman–Crippen LogP) is 6.37. The number of rotatable bonds is 17. The van der Waals surface area contributed by atoms with Gasteiger partial charge in [-0.2, -0.15) is 0 Å². The third-order valence-electron chi connectivity index (χ3n) is 3.95. The first kappa shape index (κ1) is 24.0. The Balaban J connectivity index is 3.86. The zero-order valence-corrected chi connectivity index (χ0v) is 16.2. The minimum absolute atomic E-state index is 0.256. The van der Waals surface area contributed by atoms with Crippen LogP contribution in [0.4, 0.5) is 0 Å². The number of allylic oxidation sites excluding steroid dienone is 6. The molecule has 0 bridgehead atoms. The Labute approximate surface area is 158 Å². The molecule has 26 heavy (non-hydrogen) atoms. The van der Waals surface area contributed by atoms with Gasteiger partial charge in [-0.25, -0.2) is 0 Å². The van der Waals surface area contributed by atoms with Crippen molar-refractivity contribution in [3.8, 4) is 0 Å². The van der Waals surface area contributed by atoms with E-state index in [0.717, 1.165) is 57.7 Å². The maximum Gasteiger partial charge on any atom is 0.249 e. The molecule has 0 N–H and O–H groups in total. The number of aldehydes is 1. The number of nitrogens with zero attached hydrogens (tertiary/aromatic N) is 1. The van der Waals surface area contributed by atoms with E-state index in [0.29, 0.717) is 12.8 Å². The standard InChI is InChI=1S/C22H35NO3/c1-2-3-4-13-16-19-22(23(25)26)20-17-14-11-9-7-5-6-8-10-12-15-18-21-24/h5-6,9,11,16-17,19-22H,2-4,7-8,10,12-15,18H2,1H3/b6-5+,11-9+,19-16+,20-17+. The van der Waals surface area contributed by atoms with Gasteiger partial charge >= 0.3 is 0 Å². The van der Waals surface area contributed by atoms with E-state index in [2.05, 4.69) is 25.2 Å². The molecule has 0 aromatic heterocycles. The summed E-state index contributed by atoms with van der Waals surface area (Å²) < 4.78 is 0. The van der Waals surface area contributed by atoms with Gasteiger partial charge in [-0.3, -0.25) is 10.1 Å². The van der Waals surface area contributed by atoms with E-state index < -0.39 is 6.04 Å². The van der Waals surface area contributed by atoms with Crippen molar-refractivity contribution in [3.05, 3.63) is 58.7 Å². The maximum absolute atomic E-state index is 11.0. The Kier molecular flexibility index (Phi) is 17.9. The summed E-state index contributed by atoms with van der Waals surface area (Å²) in [5, 5.41) is 11.0. The maximum atomic E-state index is 11.0. The number of hydrogen-bond acceptors (Lipinski definition) is 3. The van der Waals surface area contributed by atoms with Gasteiger partial charge in [0.2, 0.25) is 6.04 Å². The van der Waals surface area contributed by atoms with Crippen LogP contribution in [-0.4, -0.2) is 17.3 Å². The molecule has 0 amide bonds. The van der Waals surface area contributed by atoms with Crippen LogP contribution >= 0.6 is 0 Å². The molecule has 146 valence electrons. The first-order valence-electron chi connectivity index (χ1n) is 9.92. The lowest BCUT2D eigenvalue weighted by Gasteiger charge is -1.98. The molecule has 0 saturated heterocycles. The van der Waals surface area contributed by atoms with Crippen molar-refractivity contribution in [2.24, 2.45) is 0 Å². The number of hydrogen-bond donors (Lipinski definition) is 0. The Morgan fingerprint density at radius 3 is 2.04 bits per heavy atom. The fraction of sp³-hybridized carbons (Fsp3) is 0.591. The molecule has 4 nitrogen and oxygen atoms in total. The molecular weight excluding hydrogens is 326 g/mol. The van der Waals surface area contributed by atoms with Crippen molar-refractivity contribution in [3.63, 3.8) is 0 Å². The Bertz CT molecular complexity index is 464. The summed E-state index contributed by atoms with van der Waals surface area (Å²) in [6, 6.07) is -0.718. The van der Waals surface area contributed by atoms with E-state index in [1.54, 1.807) is 12.2 Å². The van der Waals surface area contributed by atoms with E-state index in [9.17, 15) is 14.9 Å². The van der Waals surface area contributed by atoms with E-state index in [1.807, 2.05) is 18.2 Å². The Morgan fingerprint density at radius 2 is 1.35 bits per heavy atom. The Hall–Kier alpha value is -1.97. The summed E-state index contributed by atoms with van der Waals surface area (Å²) in [7, 11) is 0. The van der Waals surface area contributed by atoms with Gasteiger partial charge in [0.05, 0.1) is 0 Å². The highest BCUT2D eigenvalue weighted by molar-refractivity contribution is 5.48. The monoisotopic (exact) mass is 361 g/mol. The van der Waals surface area contributed by atoms with Crippen LogP contribution in [0.25, 0.3) is 0 Å². The minimum Gasteiger partial charge on any atom is -0.303 e. The molecule has 0 aliphatic rings. The van der Waals surface area contributed by atoms with Crippen LogP contribution in [0.3, 0.4) is 0 Å². The molecule has 0 aliphatic heterocycles. The fourth-order valence-electron chi connectivity index (χ4n) is 2.40. The molecule has 0 rings (SSSR count). The van der Waals surface area contributed by atoms with Gasteiger partial charge < -0.3 is 4.79 Å². The SMILES string of the molecule is CCCCC/C=C/C(/C=C/C/C=C/C/C=C/CCCCCC=O)[N+](=O)[O-]. The Morgan fingerprint density at radius 1 is 0.769 bits per heavy atom. The van der Waals surface area contributed by atoms with E-state index >= 15 is 0 Å². The van der Waals surface area contributed by atoms with Crippen molar-refractivity contribution in [2.45, 2.75) is 83.6 Å². The zero-order chi connectivity index (χ0) is 19.3. The average molecular weight is 362 g/mol. The number of carbonyl (C=O) groups excluding carboxylic acids is 1. The largest absolute Gasteiger partial charge is 0.303 e. The number of unbranched alkanes of at least 4 members (excludes halogenated alkanes) is 7. The quantitative estimate of drug-likeness (QED) is 0.0994. The molecular formula is C22H35NO3. The highest BCUT2D eigenvalue weighted by Gasteiger charge is 2.09. The van der Waals surface area contributed by atoms with Crippen molar-refractivity contribution in [2.75, 3.05) is 0 Å². The molecule has 0 spiro atoms. The smallest absolute Gasteiger partial charge is 0.249 e. The molecule has 0 radical (unpaired) electrons.